The summed E-state index contributed by atoms with van der Waals surface area (Å²) in [5.41, 5.74) is 9.80. The second-order valence-corrected chi connectivity index (χ2v) is 4.70. The fourth-order valence-corrected chi connectivity index (χ4v) is 2.26. The van der Waals surface area contributed by atoms with Gasteiger partial charge < -0.3 is 5.73 Å². The number of nitrogens with one attached hydrogen (secondary N) is 1. The summed E-state index contributed by atoms with van der Waals surface area (Å²) in [5, 5.41) is 0. The molecule has 0 saturated carbocycles. The van der Waals surface area contributed by atoms with E-state index in [4.69, 9.17) is 11.6 Å². The molecule has 1 heterocycles. The van der Waals surface area contributed by atoms with E-state index in [1.807, 2.05) is 0 Å². The first-order valence-electron chi connectivity index (χ1n) is 5.24. The van der Waals surface area contributed by atoms with Crippen molar-refractivity contribution in [2.75, 3.05) is 5.73 Å². The maximum absolute atomic E-state index is 13.4. The molecule has 0 radical (unpaired) electrons. The van der Waals surface area contributed by atoms with Gasteiger partial charge in [-0.1, -0.05) is 22.0 Å². The van der Waals surface area contributed by atoms with Crippen molar-refractivity contribution in [3.63, 3.8) is 0 Å². The second kappa shape index (κ2) is 5.43. The van der Waals surface area contributed by atoms with Crippen LogP contribution in [-0.4, -0.2) is 4.98 Å². The lowest BCUT2D eigenvalue weighted by atomic mass is 10.00. The molecule has 1 aromatic heterocycles. The van der Waals surface area contributed by atoms with Crippen molar-refractivity contribution in [2.24, 2.45) is 5.84 Å². The van der Waals surface area contributed by atoms with Gasteiger partial charge in [-0.15, -0.1) is 0 Å². The Labute approximate surface area is 112 Å². The summed E-state index contributed by atoms with van der Waals surface area (Å²) in [7, 11) is 0. The summed E-state index contributed by atoms with van der Waals surface area (Å²) in [6.45, 7) is 0. The maximum atomic E-state index is 13.4. The van der Waals surface area contributed by atoms with E-state index in [2.05, 4.69) is 26.3 Å². The van der Waals surface area contributed by atoms with Gasteiger partial charge in [-0.25, -0.2) is 14.8 Å². The van der Waals surface area contributed by atoms with E-state index in [0.717, 1.165) is 0 Å². The zero-order valence-electron chi connectivity index (χ0n) is 9.40. The van der Waals surface area contributed by atoms with Gasteiger partial charge in [-0.05, 0) is 29.8 Å². The van der Waals surface area contributed by atoms with Crippen LogP contribution in [0.5, 0.6) is 0 Å². The number of aromatic nitrogens is 1. The highest BCUT2D eigenvalue weighted by Crippen LogP contribution is 2.27. The Morgan fingerprint density at radius 1 is 1.33 bits per heavy atom. The van der Waals surface area contributed by atoms with Crippen molar-refractivity contribution >= 4 is 21.7 Å². The molecule has 0 fully saturated rings. The predicted molar refractivity (Wildman–Crippen MR) is 71.9 cm³/mol. The molecule has 6 heteroatoms. The lowest BCUT2D eigenvalue weighted by Crippen LogP contribution is -2.29. The summed E-state index contributed by atoms with van der Waals surface area (Å²) in [5.74, 6) is 5.55. The van der Waals surface area contributed by atoms with E-state index in [1.165, 1.54) is 12.1 Å². The molecule has 0 spiro atoms. The molecule has 1 atom stereocenters. The Morgan fingerprint density at radius 2 is 2.11 bits per heavy atom. The number of nitrogens with two attached hydrogens (primary N) is 2. The van der Waals surface area contributed by atoms with E-state index in [9.17, 15) is 4.39 Å². The second-order valence-electron chi connectivity index (χ2n) is 3.78. The van der Waals surface area contributed by atoms with Gasteiger partial charge in [0.15, 0.2) is 0 Å². The van der Waals surface area contributed by atoms with Crippen LogP contribution in [0.4, 0.5) is 10.2 Å². The minimum absolute atomic E-state index is 0.345. The van der Waals surface area contributed by atoms with Crippen molar-refractivity contribution in [1.29, 1.82) is 0 Å². The Balaban J connectivity index is 2.48. The van der Waals surface area contributed by atoms with Crippen LogP contribution in [0.2, 0.25) is 0 Å². The smallest absolute Gasteiger partial charge is 0.128 e. The Kier molecular flexibility index (Phi) is 3.90. The summed E-state index contributed by atoms with van der Waals surface area (Å²) >= 11 is 3.25. The van der Waals surface area contributed by atoms with Crippen molar-refractivity contribution in [3.05, 3.63) is 57.9 Å². The number of rotatable bonds is 3. The highest BCUT2D eigenvalue weighted by molar-refractivity contribution is 9.10. The highest BCUT2D eigenvalue weighted by atomic mass is 79.9. The van der Waals surface area contributed by atoms with Crippen LogP contribution in [0.3, 0.4) is 0 Å². The molecule has 4 nitrogen and oxygen atoms in total. The Bertz CT molecular complexity index is 541. The van der Waals surface area contributed by atoms with Crippen molar-refractivity contribution in [2.45, 2.75) is 6.04 Å². The molecule has 0 aliphatic rings. The first kappa shape index (κ1) is 12.9. The third-order valence-electron chi connectivity index (χ3n) is 2.57. The standard InChI is InChI=1S/C12H12BrFN4/c13-8-4-7(5-9(14)6-8)11(18-16)10-2-1-3-17-12(10)15/h1-6,11,18H,16H2,(H2,15,17). The number of benzene rings is 1. The van der Waals surface area contributed by atoms with Crippen LogP contribution in [0.1, 0.15) is 17.2 Å². The van der Waals surface area contributed by atoms with E-state index >= 15 is 0 Å². The molecule has 0 saturated heterocycles. The van der Waals surface area contributed by atoms with Gasteiger partial charge in [0.2, 0.25) is 0 Å². The normalized spacial score (nSPS) is 12.4. The molecule has 1 unspecified atom stereocenters. The minimum Gasteiger partial charge on any atom is -0.383 e. The molecular formula is C12H12BrFN4. The number of nitrogen functional groups attached to an aromatic ring is 1. The van der Waals surface area contributed by atoms with Gasteiger partial charge in [-0.3, -0.25) is 5.84 Å². The molecule has 5 N–H and O–H groups in total. The monoisotopic (exact) mass is 310 g/mol. The molecule has 94 valence electrons. The average Bonchev–Trinajstić information content (AvgIpc) is 2.31. The summed E-state index contributed by atoms with van der Waals surface area (Å²) in [6.07, 6.45) is 1.59. The van der Waals surface area contributed by atoms with Crippen LogP contribution in [0.15, 0.2) is 41.0 Å². The predicted octanol–water partition coefficient (Wildman–Crippen LogP) is 2.12. The number of pyridine rings is 1. The number of anilines is 1. The Hall–Kier alpha value is -1.50. The zero-order chi connectivity index (χ0) is 13.1. The lowest BCUT2D eigenvalue weighted by molar-refractivity contribution is 0.604. The van der Waals surface area contributed by atoms with Gasteiger partial charge in [0.25, 0.3) is 0 Å². The maximum Gasteiger partial charge on any atom is 0.128 e. The van der Waals surface area contributed by atoms with E-state index in [1.54, 1.807) is 24.4 Å². The van der Waals surface area contributed by atoms with Gasteiger partial charge in [-0.2, -0.15) is 0 Å². The highest BCUT2D eigenvalue weighted by Gasteiger charge is 2.16. The van der Waals surface area contributed by atoms with Crippen molar-refractivity contribution in [3.8, 4) is 0 Å². The van der Waals surface area contributed by atoms with Gasteiger partial charge in [0.1, 0.15) is 11.6 Å². The fraction of sp³-hybridized carbons (Fsp3) is 0.0833. The molecule has 0 bridgehead atoms. The van der Waals surface area contributed by atoms with Crippen molar-refractivity contribution < 1.29 is 4.39 Å². The number of hydrogen-bond acceptors (Lipinski definition) is 4. The van der Waals surface area contributed by atoms with Crippen LogP contribution in [0, 0.1) is 5.82 Å². The first-order chi connectivity index (χ1) is 8.61. The molecule has 18 heavy (non-hydrogen) atoms. The number of hydrogen-bond donors (Lipinski definition) is 3. The SMILES string of the molecule is NNC(c1cc(F)cc(Br)c1)c1cccnc1N. The molecule has 2 rings (SSSR count). The summed E-state index contributed by atoms with van der Waals surface area (Å²) < 4.78 is 14.0. The third kappa shape index (κ3) is 2.66. The number of nitrogens with zero attached hydrogens (tertiary/aromatic N) is 1. The lowest BCUT2D eigenvalue weighted by Gasteiger charge is -2.18. The van der Waals surface area contributed by atoms with Gasteiger partial charge >= 0.3 is 0 Å². The average molecular weight is 311 g/mol. The van der Waals surface area contributed by atoms with Crippen LogP contribution < -0.4 is 17.0 Å². The minimum atomic E-state index is -0.411. The third-order valence-corrected chi connectivity index (χ3v) is 3.02. The molecular weight excluding hydrogens is 299 g/mol. The Morgan fingerprint density at radius 3 is 2.72 bits per heavy atom. The number of hydrazine groups is 1. The largest absolute Gasteiger partial charge is 0.383 e. The quantitative estimate of drug-likeness (QED) is 0.599. The van der Waals surface area contributed by atoms with Crippen LogP contribution >= 0.6 is 15.9 Å². The first-order valence-corrected chi connectivity index (χ1v) is 6.03. The number of halogens is 2. The van der Waals surface area contributed by atoms with E-state index < -0.39 is 6.04 Å². The molecule has 0 amide bonds. The van der Waals surface area contributed by atoms with E-state index in [-0.39, 0.29) is 5.82 Å². The van der Waals surface area contributed by atoms with Crippen LogP contribution in [0.25, 0.3) is 0 Å². The van der Waals surface area contributed by atoms with Crippen LogP contribution in [-0.2, 0) is 0 Å². The summed E-state index contributed by atoms with van der Waals surface area (Å²) in [4.78, 5) is 4.00. The molecule has 0 aliphatic heterocycles. The zero-order valence-corrected chi connectivity index (χ0v) is 11.0. The van der Waals surface area contributed by atoms with Gasteiger partial charge in [0, 0.05) is 16.2 Å². The molecule has 2 aromatic rings. The molecule has 1 aromatic carbocycles. The summed E-state index contributed by atoms with van der Waals surface area (Å²) in [6, 6.07) is 7.70. The topological polar surface area (TPSA) is 77.0 Å². The molecule has 0 aliphatic carbocycles. The van der Waals surface area contributed by atoms with E-state index in [0.29, 0.717) is 21.4 Å². The fourth-order valence-electron chi connectivity index (χ4n) is 1.78. The van der Waals surface area contributed by atoms with Gasteiger partial charge in [0.05, 0.1) is 6.04 Å². The van der Waals surface area contributed by atoms with Crippen molar-refractivity contribution in [1.82, 2.24) is 10.4 Å².